The van der Waals surface area contributed by atoms with E-state index in [1.165, 1.54) is 7.11 Å². The SMILES string of the molecule is COc1ccc(-n2nc(C(=O)c3ccccc3)c(O)c(C#N)c2=O)cc1. The molecule has 7 nitrogen and oxygen atoms in total. The van der Waals surface area contributed by atoms with Crippen molar-refractivity contribution in [2.45, 2.75) is 0 Å². The van der Waals surface area contributed by atoms with Gasteiger partial charge in [0.1, 0.15) is 11.8 Å². The number of methoxy groups -OCH3 is 1. The molecule has 1 heterocycles. The molecule has 0 unspecified atom stereocenters. The van der Waals surface area contributed by atoms with E-state index in [2.05, 4.69) is 5.10 Å². The number of rotatable bonds is 4. The van der Waals surface area contributed by atoms with Crippen molar-refractivity contribution in [3.63, 3.8) is 0 Å². The highest BCUT2D eigenvalue weighted by Crippen LogP contribution is 2.21. The lowest BCUT2D eigenvalue weighted by molar-refractivity contribution is 0.102. The van der Waals surface area contributed by atoms with Crippen LogP contribution >= 0.6 is 0 Å². The van der Waals surface area contributed by atoms with Gasteiger partial charge < -0.3 is 9.84 Å². The standard InChI is InChI=1S/C19H13N3O4/c1-26-14-9-7-13(8-10-14)22-19(25)15(11-20)18(24)16(21-22)17(23)12-5-3-2-4-6-12/h2-10,24H,1H3. The van der Waals surface area contributed by atoms with Gasteiger partial charge in [-0.05, 0) is 24.3 Å². The molecule has 0 radical (unpaired) electrons. The molecule has 0 spiro atoms. The first-order chi connectivity index (χ1) is 12.6. The fourth-order valence-corrected chi connectivity index (χ4v) is 2.40. The minimum absolute atomic E-state index is 0.277. The molecule has 0 saturated heterocycles. The Balaban J connectivity index is 2.22. The highest BCUT2D eigenvalue weighted by molar-refractivity contribution is 6.09. The van der Waals surface area contributed by atoms with E-state index >= 15 is 0 Å². The van der Waals surface area contributed by atoms with Crippen LogP contribution in [0.2, 0.25) is 0 Å². The van der Waals surface area contributed by atoms with Gasteiger partial charge in [0.2, 0.25) is 5.78 Å². The van der Waals surface area contributed by atoms with Crippen molar-refractivity contribution < 1.29 is 14.6 Å². The Morgan fingerprint density at radius 2 is 1.81 bits per heavy atom. The summed E-state index contributed by atoms with van der Waals surface area (Å²) in [6.07, 6.45) is 0. The molecule has 0 aliphatic rings. The highest BCUT2D eigenvalue weighted by Gasteiger charge is 2.23. The Bertz CT molecular complexity index is 1060. The van der Waals surface area contributed by atoms with Gasteiger partial charge in [-0.1, -0.05) is 30.3 Å². The Morgan fingerprint density at radius 3 is 2.38 bits per heavy atom. The van der Waals surface area contributed by atoms with Crippen LogP contribution in [-0.4, -0.2) is 27.8 Å². The number of aromatic nitrogens is 2. The first kappa shape index (κ1) is 16.9. The number of carbonyl (C=O) groups is 1. The summed E-state index contributed by atoms with van der Waals surface area (Å²) >= 11 is 0. The second-order valence-electron chi connectivity index (χ2n) is 5.29. The fourth-order valence-electron chi connectivity index (χ4n) is 2.40. The lowest BCUT2D eigenvalue weighted by Gasteiger charge is -2.10. The van der Waals surface area contributed by atoms with Gasteiger partial charge in [-0.15, -0.1) is 0 Å². The summed E-state index contributed by atoms with van der Waals surface area (Å²) in [5.74, 6) is -0.750. The topological polar surface area (TPSA) is 105 Å². The van der Waals surface area contributed by atoms with Gasteiger partial charge in [0.25, 0.3) is 5.56 Å². The zero-order chi connectivity index (χ0) is 18.7. The quantitative estimate of drug-likeness (QED) is 0.724. The minimum Gasteiger partial charge on any atom is -0.504 e. The van der Waals surface area contributed by atoms with Crippen LogP contribution in [0, 0.1) is 11.3 Å². The molecule has 0 saturated carbocycles. The molecule has 0 amide bonds. The molecule has 128 valence electrons. The molecule has 26 heavy (non-hydrogen) atoms. The van der Waals surface area contributed by atoms with Crippen LogP contribution in [0.3, 0.4) is 0 Å². The molecule has 0 atom stereocenters. The second kappa shape index (κ2) is 6.91. The third-order valence-electron chi connectivity index (χ3n) is 3.75. The first-order valence-corrected chi connectivity index (χ1v) is 7.57. The molecule has 3 rings (SSSR count). The van der Waals surface area contributed by atoms with Crippen LogP contribution < -0.4 is 10.3 Å². The Hall–Kier alpha value is -3.92. The summed E-state index contributed by atoms with van der Waals surface area (Å²) < 4.78 is 5.98. The molecular weight excluding hydrogens is 334 g/mol. The summed E-state index contributed by atoms with van der Waals surface area (Å²) in [4.78, 5) is 25.1. The summed E-state index contributed by atoms with van der Waals surface area (Å²) in [5.41, 5.74) is -1.13. The molecule has 0 aliphatic carbocycles. The number of ketones is 1. The predicted molar refractivity (Wildman–Crippen MR) is 92.6 cm³/mol. The molecule has 1 N–H and O–H groups in total. The van der Waals surface area contributed by atoms with E-state index in [1.54, 1.807) is 60.7 Å². The minimum atomic E-state index is -0.820. The van der Waals surface area contributed by atoms with Crippen molar-refractivity contribution >= 4 is 5.78 Å². The molecule has 2 aromatic carbocycles. The number of hydrogen-bond acceptors (Lipinski definition) is 6. The number of aromatic hydroxyl groups is 1. The van der Waals surface area contributed by atoms with Gasteiger partial charge >= 0.3 is 0 Å². The second-order valence-corrected chi connectivity index (χ2v) is 5.29. The number of carbonyl (C=O) groups excluding carboxylic acids is 1. The molecule has 7 heteroatoms. The summed E-state index contributed by atoms with van der Waals surface area (Å²) in [6.45, 7) is 0. The van der Waals surface area contributed by atoms with Gasteiger partial charge in [-0.25, -0.2) is 0 Å². The van der Waals surface area contributed by atoms with Crippen molar-refractivity contribution in [1.29, 1.82) is 5.26 Å². The third-order valence-corrected chi connectivity index (χ3v) is 3.75. The van der Waals surface area contributed by atoms with Gasteiger partial charge in [0, 0.05) is 5.56 Å². The summed E-state index contributed by atoms with van der Waals surface area (Å²) in [6, 6.07) is 16.2. The van der Waals surface area contributed by atoms with Gasteiger partial charge in [-0.2, -0.15) is 15.0 Å². The van der Waals surface area contributed by atoms with Crippen molar-refractivity contribution in [3.8, 4) is 23.3 Å². The van der Waals surface area contributed by atoms with E-state index in [4.69, 9.17) is 4.74 Å². The van der Waals surface area contributed by atoms with Gasteiger partial charge in [0.05, 0.1) is 12.8 Å². The van der Waals surface area contributed by atoms with Crippen LogP contribution in [-0.2, 0) is 0 Å². The van der Waals surface area contributed by atoms with E-state index in [1.807, 2.05) is 0 Å². The zero-order valence-corrected chi connectivity index (χ0v) is 13.7. The number of nitriles is 1. The maximum atomic E-state index is 12.7. The average molecular weight is 347 g/mol. The summed E-state index contributed by atoms with van der Waals surface area (Å²) in [7, 11) is 1.50. The molecule has 0 aliphatic heterocycles. The number of nitrogens with zero attached hydrogens (tertiary/aromatic N) is 3. The zero-order valence-electron chi connectivity index (χ0n) is 13.7. The Kier molecular flexibility index (Phi) is 4.50. The Morgan fingerprint density at radius 1 is 1.15 bits per heavy atom. The lowest BCUT2D eigenvalue weighted by Crippen LogP contribution is -2.26. The van der Waals surface area contributed by atoms with Crippen molar-refractivity contribution in [2.24, 2.45) is 0 Å². The van der Waals surface area contributed by atoms with E-state index < -0.39 is 22.7 Å². The predicted octanol–water partition coefficient (Wildman–Crippen LogP) is 2.05. The van der Waals surface area contributed by atoms with E-state index in [-0.39, 0.29) is 11.3 Å². The van der Waals surface area contributed by atoms with Gasteiger partial charge in [0.15, 0.2) is 17.0 Å². The monoisotopic (exact) mass is 347 g/mol. The number of benzene rings is 2. The lowest BCUT2D eigenvalue weighted by atomic mass is 10.1. The third kappa shape index (κ3) is 2.91. The van der Waals surface area contributed by atoms with Crippen molar-refractivity contribution in [2.75, 3.05) is 7.11 Å². The van der Waals surface area contributed by atoms with E-state index in [9.17, 15) is 20.0 Å². The van der Waals surface area contributed by atoms with E-state index in [0.29, 0.717) is 11.4 Å². The first-order valence-electron chi connectivity index (χ1n) is 7.57. The van der Waals surface area contributed by atoms with Crippen molar-refractivity contribution in [1.82, 2.24) is 9.78 Å². The van der Waals surface area contributed by atoms with Crippen LogP contribution in [0.15, 0.2) is 59.4 Å². The number of hydrogen-bond donors (Lipinski definition) is 1. The van der Waals surface area contributed by atoms with E-state index in [0.717, 1.165) is 4.68 Å². The van der Waals surface area contributed by atoms with Crippen LogP contribution in [0.5, 0.6) is 11.5 Å². The smallest absolute Gasteiger partial charge is 0.293 e. The number of ether oxygens (including phenoxy) is 1. The molecule has 0 bridgehead atoms. The van der Waals surface area contributed by atoms with Crippen molar-refractivity contribution in [3.05, 3.63) is 81.8 Å². The van der Waals surface area contributed by atoms with Crippen LogP contribution in [0.1, 0.15) is 21.6 Å². The molecular formula is C19H13N3O4. The maximum Gasteiger partial charge on any atom is 0.293 e. The fraction of sp³-hybridized carbons (Fsp3) is 0.0526. The summed E-state index contributed by atoms with van der Waals surface area (Å²) in [5, 5.41) is 23.5. The largest absolute Gasteiger partial charge is 0.504 e. The maximum absolute atomic E-state index is 12.7. The average Bonchev–Trinajstić information content (AvgIpc) is 2.69. The van der Waals surface area contributed by atoms with Gasteiger partial charge in [-0.3, -0.25) is 9.59 Å². The van der Waals surface area contributed by atoms with Crippen LogP contribution in [0.25, 0.3) is 5.69 Å². The normalized spacial score (nSPS) is 10.2. The van der Waals surface area contributed by atoms with Crippen LogP contribution in [0.4, 0.5) is 0 Å². The highest BCUT2D eigenvalue weighted by atomic mass is 16.5. The molecule has 3 aromatic rings. The molecule has 1 aromatic heterocycles. The Labute approximate surface area is 148 Å². The molecule has 0 fully saturated rings.